The van der Waals surface area contributed by atoms with Crippen molar-refractivity contribution in [1.29, 1.82) is 0 Å². The first-order valence-corrected chi connectivity index (χ1v) is 7.63. The van der Waals surface area contributed by atoms with Gasteiger partial charge in [-0.3, -0.25) is 0 Å². The predicted molar refractivity (Wildman–Crippen MR) is 71.9 cm³/mol. The van der Waals surface area contributed by atoms with Crippen molar-refractivity contribution in [3.05, 3.63) is 0 Å². The zero-order valence-electron chi connectivity index (χ0n) is 11.4. The van der Waals surface area contributed by atoms with Crippen LogP contribution in [0.2, 0.25) is 0 Å². The zero-order chi connectivity index (χ0) is 12.1. The van der Waals surface area contributed by atoms with Crippen molar-refractivity contribution in [2.75, 3.05) is 13.2 Å². The number of rotatable bonds is 4. The largest absolute Gasteiger partial charge is 0.381 e. The lowest BCUT2D eigenvalue weighted by molar-refractivity contribution is 0.0578. The molecule has 3 atom stereocenters. The van der Waals surface area contributed by atoms with E-state index in [0.29, 0.717) is 6.04 Å². The Morgan fingerprint density at radius 3 is 2.59 bits per heavy atom. The summed E-state index contributed by atoms with van der Waals surface area (Å²) in [5, 5.41) is 0. The van der Waals surface area contributed by atoms with Gasteiger partial charge in [-0.05, 0) is 49.9 Å². The summed E-state index contributed by atoms with van der Waals surface area (Å²) >= 11 is 0. The van der Waals surface area contributed by atoms with Crippen molar-refractivity contribution in [2.45, 2.75) is 64.3 Å². The minimum absolute atomic E-state index is 0.451. The number of nitrogens with two attached hydrogens (primary N) is 1. The van der Waals surface area contributed by atoms with Crippen LogP contribution < -0.4 is 5.73 Å². The number of ether oxygens (including phenoxy) is 1. The molecule has 0 spiro atoms. The van der Waals surface area contributed by atoms with E-state index in [-0.39, 0.29) is 0 Å². The molecule has 1 saturated heterocycles. The quantitative estimate of drug-likeness (QED) is 0.816. The molecule has 17 heavy (non-hydrogen) atoms. The summed E-state index contributed by atoms with van der Waals surface area (Å²) < 4.78 is 5.42. The van der Waals surface area contributed by atoms with E-state index < -0.39 is 0 Å². The molecule has 2 heteroatoms. The fraction of sp³-hybridized carbons (Fsp3) is 1.00. The van der Waals surface area contributed by atoms with E-state index in [4.69, 9.17) is 10.5 Å². The Labute approximate surface area is 106 Å². The van der Waals surface area contributed by atoms with E-state index >= 15 is 0 Å². The molecule has 2 rings (SSSR count). The van der Waals surface area contributed by atoms with Crippen molar-refractivity contribution in [3.63, 3.8) is 0 Å². The fourth-order valence-electron chi connectivity index (χ4n) is 3.65. The van der Waals surface area contributed by atoms with Gasteiger partial charge in [-0.15, -0.1) is 0 Å². The third-order valence-electron chi connectivity index (χ3n) is 4.95. The van der Waals surface area contributed by atoms with Gasteiger partial charge in [0.1, 0.15) is 0 Å². The standard InChI is InChI=1S/C15H29NO/c1-2-12-4-3-5-14(10-12)15(16)11-13-6-8-17-9-7-13/h12-15H,2-11,16H2,1H3. The molecule has 1 aliphatic carbocycles. The second-order valence-corrected chi connectivity index (χ2v) is 6.16. The van der Waals surface area contributed by atoms with Gasteiger partial charge in [0.25, 0.3) is 0 Å². The van der Waals surface area contributed by atoms with E-state index in [0.717, 1.165) is 31.0 Å². The molecule has 0 aromatic heterocycles. The molecule has 2 fully saturated rings. The van der Waals surface area contributed by atoms with Crippen molar-refractivity contribution in [2.24, 2.45) is 23.5 Å². The van der Waals surface area contributed by atoms with Crippen molar-refractivity contribution < 1.29 is 4.74 Å². The average molecular weight is 239 g/mol. The summed E-state index contributed by atoms with van der Waals surface area (Å²) in [5.74, 6) is 2.59. The molecule has 1 heterocycles. The predicted octanol–water partition coefficient (Wildman–Crippen LogP) is 3.35. The van der Waals surface area contributed by atoms with Crippen LogP contribution in [0.5, 0.6) is 0 Å². The van der Waals surface area contributed by atoms with Crippen LogP contribution >= 0.6 is 0 Å². The van der Waals surface area contributed by atoms with Crippen LogP contribution in [0.1, 0.15) is 58.3 Å². The molecule has 0 aromatic rings. The Kier molecular flexibility index (Phi) is 5.30. The molecule has 0 bridgehead atoms. The number of hydrogen-bond acceptors (Lipinski definition) is 2. The van der Waals surface area contributed by atoms with Gasteiger partial charge in [-0.25, -0.2) is 0 Å². The highest BCUT2D eigenvalue weighted by Gasteiger charge is 2.27. The molecule has 100 valence electrons. The fourth-order valence-corrected chi connectivity index (χ4v) is 3.65. The third kappa shape index (κ3) is 3.96. The molecule has 3 unspecified atom stereocenters. The van der Waals surface area contributed by atoms with Crippen molar-refractivity contribution in [1.82, 2.24) is 0 Å². The molecule has 0 aromatic carbocycles. The lowest BCUT2D eigenvalue weighted by Crippen LogP contribution is -2.36. The maximum Gasteiger partial charge on any atom is 0.0468 e. The first-order chi connectivity index (χ1) is 8.29. The Balaban J connectivity index is 1.75. The molecular weight excluding hydrogens is 210 g/mol. The second-order valence-electron chi connectivity index (χ2n) is 6.16. The maximum atomic E-state index is 6.46. The normalized spacial score (nSPS) is 33.5. The smallest absolute Gasteiger partial charge is 0.0468 e. The molecule has 0 amide bonds. The van der Waals surface area contributed by atoms with Crippen LogP contribution in [0.4, 0.5) is 0 Å². The van der Waals surface area contributed by atoms with Crippen LogP contribution in [0.15, 0.2) is 0 Å². The lowest BCUT2D eigenvalue weighted by Gasteiger charge is -2.34. The first kappa shape index (κ1) is 13.4. The van der Waals surface area contributed by atoms with Gasteiger partial charge in [0.2, 0.25) is 0 Å². The van der Waals surface area contributed by atoms with Crippen LogP contribution in [0, 0.1) is 17.8 Å². The van der Waals surface area contributed by atoms with Crippen LogP contribution in [0.3, 0.4) is 0 Å². The highest BCUT2D eigenvalue weighted by molar-refractivity contribution is 4.82. The SMILES string of the molecule is CCC1CCCC(C(N)CC2CCOCC2)C1. The van der Waals surface area contributed by atoms with Gasteiger partial charge >= 0.3 is 0 Å². The summed E-state index contributed by atoms with van der Waals surface area (Å²) in [4.78, 5) is 0. The van der Waals surface area contributed by atoms with Gasteiger partial charge < -0.3 is 10.5 Å². The molecule has 2 aliphatic rings. The maximum absolute atomic E-state index is 6.46. The summed E-state index contributed by atoms with van der Waals surface area (Å²) in [6, 6.07) is 0.451. The topological polar surface area (TPSA) is 35.2 Å². The van der Waals surface area contributed by atoms with Crippen molar-refractivity contribution in [3.8, 4) is 0 Å². The zero-order valence-corrected chi connectivity index (χ0v) is 11.4. The average Bonchev–Trinajstić information content (AvgIpc) is 2.40. The Hall–Kier alpha value is -0.0800. The minimum atomic E-state index is 0.451. The Morgan fingerprint density at radius 1 is 1.12 bits per heavy atom. The molecular formula is C15H29NO. The van der Waals surface area contributed by atoms with Crippen LogP contribution in [-0.2, 0) is 4.74 Å². The molecule has 1 saturated carbocycles. The van der Waals surface area contributed by atoms with Gasteiger partial charge in [0, 0.05) is 19.3 Å². The van der Waals surface area contributed by atoms with E-state index in [1.165, 1.54) is 51.4 Å². The molecule has 1 aliphatic heterocycles. The lowest BCUT2D eigenvalue weighted by atomic mass is 9.74. The molecule has 2 nitrogen and oxygen atoms in total. The van der Waals surface area contributed by atoms with E-state index in [1.807, 2.05) is 0 Å². The Bertz CT molecular complexity index is 213. The highest BCUT2D eigenvalue weighted by Crippen LogP contribution is 2.34. The first-order valence-electron chi connectivity index (χ1n) is 7.63. The summed E-state index contributed by atoms with van der Waals surface area (Å²) in [6.45, 7) is 4.25. The Morgan fingerprint density at radius 2 is 1.88 bits per heavy atom. The van der Waals surface area contributed by atoms with E-state index in [1.54, 1.807) is 0 Å². The van der Waals surface area contributed by atoms with Gasteiger partial charge in [-0.2, -0.15) is 0 Å². The van der Waals surface area contributed by atoms with E-state index in [9.17, 15) is 0 Å². The van der Waals surface area contributed by atoms with Crippen molar-refractivity contribution >= 4 is 0 Å². The van der Waals surface area contributed by atoms with Crippen LogP contribution in [-0.4, -0.2) is 19.3 Å². The van der Waals surface area contributed by atoms with E-state index in [2.05, 4.69) is 6.92 Å². The summed E-state index contributed by atoms with van der Waals surface area (Å²) in [5.41, 5.74) is 6.46. The minimum Gasteiger partial charge on any atom is -0.381 e. The summed E-state index contributed by atoms with van der Waals surface area (Å²) in [6.07, 6.45) is 10.7. The molecule has 2 N–H and O–H groups in total. The van der Waals surface area contributed by atoms with Gasteiger partial charge in [0.15, 0.2) is 0 Å². The number of hydrogen-bond donors (Lipinski definition) is 1. The van der Waals surface area contributed by atoms with Gasteiger partial charge in [-0.1, -0.05) is 26.2 Å². The van der Waals surface area contributed by atoms with Crippen LogP contribution in [0.25, 0.3) is 0 Å². The molecule has 0 radical (unpaired) electrons. The second kappa shape index (κ2) is 6.75. The van der Waals surface area contributed by atoms with Gasteiger partial charge in [0.05, 0.1) is 0 Å². The third-order valence-corrected chi connectivity index (χ3v) is 4.95. The summed E-state index contributed by atoms with van der Waals surface area (Å²) in [7, 11) is 0. The monoisotopic (exact) mass is 239 g/mol. The highest BCUT2D eigenvalue weighted by atomic mass is 16.5.